The number of benzene rings is 2. The minimum absolute atomic E-state index is 0.211. The number of aromatic nitrogens is 1. The molecule has 6 heteroatoms. The van der Waals surface area contributed by atoms with Crippen LogP contribution in [0.5, 0.6) is 5.75 Å². The fourth-order valence-corrected chi connectivity index (χ4v) is 2.78. The number of methoxy groups -OCH3 is 1. The lowest BCUT2D eigenvalue weighted by Gasteiger charge is -2.09. The summed E-state index contributed by atoms with van der Waals surface area (Å²) >= 11 is 5.99. The Morgan fingerprint density at radius 2 is 1.96 bits per heavy atom. The molecule has 0 radical (unpaired) electrons. The number of nitrogens with one attached hydrogen (secondary N) is 2. The van der Waals surface area contributed by atoms with Crippen molar-refractivity contribution in [3.8, 4) is 5.75 Å². The van der Waals surface area contributed by atoms with Gasteiger partial charge in [0.1, 0.15) is 11.6 Å². The Kier molecular flexibility index (Phi) is 6.28. The molecule has 2 N–H and O–H groups in total. The van der Waals surface area contributed by atoms with E-state index in [2.05, 4.69) is 15.6 Å². The second-order valence-corrected chi connectivity index (χ2v) is 6.36. The number of hydrogen-bond donors (Lipinski definition) is 2. The van der Waals surface area contributed by atoms with Gasteiger partial charge in [0.25, 0.3) is 5.91 Å². The zero-order valence-electron chi connectivity index (χ0n) is 14.9. The number of nitrogens with zero attached hydrogens (tertiary/aromatic N) is 1. The Morgan fingerprint density at radius 1 is 1.11 bits per heavy atom. The molecule has 27 heavy (non-hydrogen) atoms. The first-order valence-corrected chi connectivity index (χ1v) is 8.91. The monoisotopic (exact) mass is 381 g/mol. The van der Waals surface area contributed by atoms with E-state index >= 15 is 0 Å². The lowest BCUT2D eigenvalue weighted by Crippen LogP contribution is -2.12. The van der Waals surface area contributed by atoms with Gasteiger partial charge in [0, 0.05) is 17.1 Å². The van der Waals surface area contributed by atoms with Crippen LogP contribution in [0.4, 0.5) is 11.5 Å². The highest BCUT2D eigenvalue weighted by Crippen LogP contribution is 2.16. The van der Waals surface area contributed by atoms with E-state index < -0.39 is 0 Å². The summed E-state index contributed by atoms with van der Waals surface area (Å²) in [5.41, 5.74) is 2.32. The first-order chi connectivity index (χ1) is 13.1. The number of anilines is 2. The van der Waals surface area contributed by atoms with E-state index in [1.165, 1.54) is 0 Å². The Labute approximate surface area is 163 Å². The maximum Gasteiger partial charge on any atom is 0.255 e. The van der Waals surface area contributed by atoms with Gasteiger partial charge in [-0.3, -0.25) is 4.79 Å². The molecule has 1 aromatic heterocycles. The van der Waals surface area contributed by atoms with Crippen LogP contribution in [0, 0.1) is 0 Å². The molecule has 3 rings (SSSR count). The van der Waals surface area contributed by atoms with Crippen molar-refractivity contribution in [2.45, 2.75) is 6.42 Å². The van der Waals surface area contributed by atoms with Crippen LogP contribution >= 0.6 is 11.6 Å². The van der Waals surface area contributed by atoms with Crippen molar-refractivity contribution in [2.24, 2.45) is 0 Å². The van der Waals surface area contributed by atoms with E-state index in [0.717, 1.165) is 29.4 Å². The van der Waals surface area contributed by atoms with E-state index in [1.54, 1.807) is 37.6 Å². The maximum atomic E-state index is 12.3. The zero-order chi connectivity index (χ0) is 19.1. The molecule has 0 aliphatic rings. The molecule has 138 valence electrons. The van der Waals surface area contributed by atoms with E-state index in [4.69, 9.17) is 16.3 Å². The number of ether oxygens (including phenoxy) is 1. The Morgan fingerprint density at radius 3 is 2.70 bits per heavy atom. The molecule has 0 aliphatic heterocycles. The summed E-state index contributed by atoms with van der Waals surface area (Å²) in [6, 6.07) is 18.4. The topological polar surface area (TPSA) is 63.2 Å². The summed E-state index contributed by atoms with van der Waals surface area (Å²) in [6.45, 7) is 0.739. The highest BCUT2D eigenvalue weighted by molar-refractivity contribution is 6.30. The normalized spacial score (nSPS) is 10.3. The zero-order valence-corrected chi connectivity index (χ0v) is 15.7. The predicted molar refractivity (Wildman–Crippen MR) is 109 cm³/mol. The molecular formula is C21H20ClN3O2. The van der Waals surface area contributed by atoms with Gasteiger partial charge < -0.3 is 15.4 Å². The molecule has 0 unspecified atom stereocenters. The van der Waals surface area contributed by atoms with E-state index in [1.807, 2.05) is 36.4 Å². The molecule has 0 atom stereocenters. The summed E-state index contributed by atoms with van der Waals surface area (Å²) in [7, 11) is 1.57. The molecule has 3 aromatic rings. The van der Waals surface area contributed by atoms with E-state index in [-0.39, 0.29) is 5.91 Å². The Hall–Kier alpha value is -3.05. The largest absolute Gasteiger partial charge is 0.497 e. The van der Waals surface area contributed by atoms with Crippen molar-refractivity contribution in [1.82, 2.24) is 4.98 Å². The van der Waals surface area contributed by atoms with Gasteiger partial charge in [0.2, 0.25) is 0 Å². The summed E-state index contributed by atoms with van der Waals surface area (Å²) in [6.07, 6.45) is 2.47. The number of carbonyl (C=O) groups is 1. The standard InChI is InChI=1S/C21H20ClN3O2/c1-27-19-7-3-5-16(13-19)21(26)25-18-8-9-20(24-14-18)23-11-10-15-4-2-6-17(22)12-15/h2-9,12-14H,10-11H2,1H3,(H,23,24)(H,25,26). The molecule has 5 nitrogen and oxygen atoms in total. The molecule has 1 amide bonds. The Balaban J connectivity index is 1.53. The van der Waals surface area contributed by atoms with Crippen LogP contribution < -0.4 is 15.4 Å². The Bertz CT molecular complexity index is 913. The molecule has 0 fully saturated rings. The summed E-state index contributed by atoms with van der Waals surface area (Å²) in [5, 5.41) is 6.82. The fraction of sp³-hybridized carbons (Fsp3) is 0.143. The van der Waals surface area contributed by atoms with Crippen molar-refractivity contribution in [3.63, 3.8) is 0 Å². The lowest BCUT2D eigenvalue weighted by molar-refractivity contribution is 0.102. The van der Waals surface area contributed by atoms with Crippen molar-refractivity contribution < 1.29 is 9.53 Å². The SMILES string of the molecule is COc1cccc(C(=O)Nc2ccc(NCCc3cccc(Cl)c3)nc2)c1. The molecule has 0 aliphatic carbocycles. The van der Waals surface area contributed by atoms with Crippen LogP contribution in [0.1, 0.15) is 15.9 Å². The molecule has 0 bridgehead atoms. The smallest absolute Gasteiger partial charge is 0.255 e. The van der Waals surface area contributed by atoms with Gasteiger partial charge in [-0.05, 0) is 54.4 Å². The molecule has 2 aromatic carbocycles. The first kappa shape index (κ1) is 18.7. The van der Waals surface area contributed by atoms with Gasteiger partial charge in [-0.1, -0.05) is 29.8 Å². The fourth-order valence-electron chi connectivity index (χ4n) is 2.57. The van der Waals surface area contributed by atoms with Crippen LogP contribution in [0.25, 0.3) is 0 Å². The minimum Gasteiger partial charge on any atom is -0.497 e. The van der Waals surface area contributed by atoms with Crippen molar-refractivity contribution >= 4 is 29.0 Å². The number of hydrogen-bond acceptors (Lipinski definition) is 4. The van der Waals surface area contributed by atoms with Crippen LogP contribution in [0.15, 0.2) is 66.9 Å². The van der Waals surface area contributed by atoms with Gasteiger partial charge in [-0.15, -0.1) is 0 Å². The van der Waals surface area contributed by atoms with Gasteiger partial charge in [-0.2, -0.15) is 0 Å². The summed E-state index contributed by atoms with van der Waals surface area (Å²) in [5.74, 6) is 1.17. The van der Waals surface area contributed by atoms with Crippen LogP contribution in [0.3, 0.4) is 0 Å². The van der Waals surface area contributed by atoms with Crippen molar-refractivity contribution in [2.75, 3.05) is 24.3 Å². The van der Waals surface area contributed by atoms with Crippen LogP contribution in [-0.4, -0.2) is 24.5 Å². The number of amides is 1. The molecule has 0 spiro atoms. The van der Waals surface area contributed by atoms with E-state index in [0.29, 0.717) is 17.0 Å². The number of halogens is 1. The van der Waals surface area contributed by atoms with Crippen molar-refractivity contribution in [3.05, 3.63) is 83.0 Å². The molecule has 0 saturated heterocycles. The van der Waals surface area contributed by atoms with Crippen molar-refractivity contribution in [1.29, 1.82) is 0 Å². The second-order valence-electron chi connectivity index (χ2n) is 5.92. The third-order valence-electron chi connectivity index (χ3n) is 3.96. The highest BCUT2D eigenvalue weighted by Gasteiger charge is 2.07. The summed E-state index contributed by atoms with van der Waals surface area (Å²) in [4.78, 5) is 16.6. The third kappa shape index (κ3) is 5.46. The van der Waals surface area contributed by atoms with Gasteiger partial charge in [0.05, 0.1) is 19.0 Å². The number of carbonyl (C=O) groups excluding carboxylic acids is 1. The molecule has 0 saturated carbocycles. The van der Waals surface area contributed by atoms with Crippen LogP contribution in [0.2, 0.25) is 5.02 Å². The van der Waals surface area contributed by atoms with Gasteiger partial charge >= 0.3 is 0 Å². The molecular weight excluding hydrogens is 362 g/mol. The number of pyridine rings is 1. The molecule has 1 heterocycles. The van der Waals surface area contributed by atoms with Gasteiger partial charge in [0.15, 0.2) is 0 Å². The number of rotatable bonds is 7. The first-order valence-electron chi connectivity index (χ1n) is 8.54. The predicted octanol–water partition coefficient (Wildman–Crippen LogP) is 4.65. The van der Waals surface area contributed by atoms with Crippen LogP contribution in [-0.2, 0) is 6.42 Å². The quantitative estimate of drug-likeness (QED) is 0.625. The third-order valence-corrected chi connectivity index (χ3v) is 4.20. The maximum absolute atomic E-state index is 12.3. The minimum atomic E-state index is -0.211. The highest BCUT2D eigenvalue weighted by atomic mass is 35.5. The van der Waals surface area contributed by atoms with E-state index in [9.17, 15) is 4.79 Å². The average Bonchev–Trinajstić information content (AvgIpc) is 2.69. The lowest BCUT2D eigenvalue weighted by atomic mass is 10.1. The average molecular weight is 382 g/mol. The second kappa shape index (κ2) is 9.05. The summed E-state index contributed by atoms with van der Waals surface area (Å²) < 4.78 is 5.14. The van der Waals surface area contributed by atoms with Gasteiger partial charge in [-0.25, -0.2) is 4.98 Å².